The number of fused-ring (bicyclic) bond motifs is 4. The van der Waals surface area contributed by atoms with Gasteiger partial charge in [-0.1, -0.05) is 61.3 Å². The average Bonchev–Trinajstić information content (AvgIpc) is 3.38. The summed E-state index contributed by atoms with van der Waals surface area (Å²) in [5, 5.41) is 0. The van der Waals surface area contributed by atoms with Gasteiger partial charge in [-0.25, -0.2) is 0 Å². The average molecular weight is 363 g/mol. The van der Waals surface area contributed by atoms with Gasteiger partial charge in [0.25, 0.3) is 0 Å². The molecule has 0 aromatic carbocycles. The maximum atomic E-state index is 6.11. The monoisotopic (exact) mass is 362 g/mol. The summed E-state index contributed by atoms with van der Waals surface area (Å²) in [6.45, 7) is 7.73. The van der Waals surface area contributed by atoms with Crippen LogP contribution in [-0.4, -0.2) is 8.83 Å². The molecule has 2 fully saturated rings. The van der Waals surface area contributed by atoms with E-state index in [0.29, 0.717) is 44.3 Å². The number of rotatable bonds is 5. The normalized spacial score (nSPS) is 38.2. The van der Waals surface area contributed by atoms with E-state index in [2.05, 4.69) is 67.2 Å². The molecule has 6 unspecified atom stereocenters. The maximum absolute atomic E-state index is 6.11. The summed E-state index contributed by atoms with van der Waals surface area (Å²) in [6.07, 6.45) is 18.9. The zero-order valence-corrected chi connectivity index (χ0v) is 16.2. The Morgan fingerprint density at radius 3 is 2.20 bits per heavy atom. The van der Waals surface area contributed by atoms with Gasteiger partial charge in [0.15, 0.2) is 8.83 Å². The van der Waals surface area contributed by atoms with E-state index in [1.807, 2.05) is 0 Å². The first-order valence-corrected chi connectivity index (χ1v) is 11.3. The van der Waals surface area contributed by atoms with Crippen molar-refractivity contribution in [1.82, 2.24) is 0 Å². The first-order valence-electron chi connectivity index (χ1n) is 9.11. The van der Waals surface area contributed by atoms with E-state index in [1.165, 1.54) is 16.7 Å². The highest BCUT2D eigenvalue weighted by Crippen LogP contribution is 2.50. The fraction of sp³-hybridized carbons (Fsp3) is 0.391. The third-order valence-corrected chi connectivity index (χ3v) is 7.27. The van der Waals surface area contributed by atoms with Crippen molar-refractivity contribution in [2.45, 2.75) is 18.9 Å². The van der Waals surface area contributed by atoms with E-state index >= 15 is 0 Å². The second-order valence-corrected chi connectivity index (χ2v) is 8.95. The van der Waals surface area contributed by atoms with Crippen molar-refractivity contribution < 1.29 is 0 Å². The van der Waals surface area contributed by atoms with Crippen molar-refractivity contribution in [2.24, 2.45) is 35.5 Å². The highest BCUT2D eigenvalue weighted by Gasteiger charge is 2.40. The van der Waals surface area contributed by atoms with E-state index in [9.17, 15) is 0 Å². The van der Waals surface area contributed by atoms with Crippen molar-refractivity contribution in [3.63, 3.8) is 0 Å². The highest BCUT2D eigenvalue weighted by molar-refractivity contribution is 6.94. The second kappa shape index (κ2) is 7.02. The first kappa shape index (κ1) is 16.9. The third-order valence-electron chi connectivity index (χ3n) is 6.33. The zero-order valence-electron chi connectivity index (χ0n) is 14.4. The quantitative estimate of drug-likeness (QED) is 0.190. The zero-order chi connectivity index (χ0) is 17.4. The van der Waals surface area contributed by atoms with Gasteiger partial charge >= 0.3 is 0 Å². The van der Waals surface area contributed by atoms with Crippen LogP contribution < -0.4 is 0 Å². The number of hydrogen-bond acceptors (Lipinski definition) is 0. The van der Waals surface area contributed by atoms with Crippen LogP contribution in [0.15, 0.2) is 83.9 Å². The van der Waals surface area contributed by atoms with Gasteiger partial charge in [0.1, 0.15) is 0 Å². The summed E-state index contributed by atoms with van der Waals surface area (Å²) in [6, 6.07) is 0.959. The largest absolute Gasteiger partial charge is 0.176 e. The van der Waals surface area contributed by atoms with Crippen molar-refractivity contribution >= 4 is 19.9 Å². The molecule has 0 aromatic heterocycles. The Balaban J connectivity index is 1.53. The minimum atomic E-state index is 0.433. The molecule has 4 rings (SSSR count). The summed E-state index contributed by atoms with van der Waals surface area (Å²) in [5.74, 6) is 3.41. The molecule has 0 heterocycles. The van der Waals surface area contributed by atoms with E-state index in [0.717, 1.165) is 18.9 Å². The standard InChI is InChI=1S/C23H23ClSi/c1-3-16-12-18-6-9-20(16)22(18)8-5-15(14-25-24)11-23-19-7-10-21(23)17(4-2)13-19/h5-11,18-23H,1-2,12-14H2. The first-order chi connectivity index (χ1) is 12.2. The predicted molar refractivity (Wildman–Crippen MR) is 107 cm³/mol. The summed E-state index contributed by atoms with van der Waals surface area (Å²) in [4.78, 5) is 0. The Bertz CT molecular complexity index is 783. The molecule has 0 amide bonds. The fourth-order valence-corrected chi connectivity index (χ4v) is 5.91. The summed E-state index contributed by atoms with van der Waals surface area (Å²) in [5.41, 5.74) is 10.5. The molecule has 0 aromatic rings. The van der Waals surface area contributed by atoms with Crippen molar-refractivity contribution in [2.75, 3.05) is 0 Å². The van der Waals surface area contributed by atoms with Crippen LogP contribution in [-0.2, 0) is 0 Å². The molecule has 2 heteroatoms. The highest BCUT2D eigenvalue weighted by atomic mass is 35.6. The predicted octanol–water partition coefficient (Wildman–Crippen LogP) is 5.81. The molecule has 0 spiro atoms. The molecular weight excluding hydrogens is 340 g/mol. The minimum Gasteiger partial charge on any atom is -0.171 e. The summed E-state index contributed by atoms with van der Waals surface area (Å²) in [7, 11) is 0.433. The third kappa shape index (κ3) is 2.96. The fourth-order valence-electron chi connectivity index (χ4n) is 5.06. The molecular formula is C23H23ClSi. The minimum absolute atomic E-state index is 0.433. The van der Waals surface area contributed by atoms with Crippen LogP contribution in [0.2, 0.25) is 6.04 Å². The van der Waals surface area contributed by atoms with Gasteiger partial charge in [-0.05, 0) is 53.7 Å². The smallest absolute Gasteiger partial charge is 0.171 e. The molecule has 2 saturated carbocycles. The van der Waals surface area contributed by atoms with Crippen LogP contribution in [0.4, 0.5) is 0 Å². The van der Waals surface area contributed by atoms with Gasteiger partial charge in [-0.3, -0.25) is 0 Å². The van der Waals surface area contributed by atoms with Crippen molar-refractivity contribution in [1.29, 1.82) is 0 Å². The lowest BCUT2D eigenvalue weighted by molar-refractivity contribution is 0.534. The lowest BCUT2D eigenvalue weighted by atomic mass is 9.91. The van der Waals surface area contributed by atoms with E-state index in [-0.39, 0.29) is 0 Å². The van der Waals surface area contributed by atoms with Gasteiger partial charge in [0.2, 0.25) is 0 Å². The maximum Gasteiger partial charge on any atom is 0.176 e. The van der Waals surface area contributed by atoms with Crippen LogP contribution >= 0.6 is 11.1 Å². The van der Waals surface area contributed by atoms with Gasteiger partial charge in [0.05, 0.1) is 0 Å². The van der Waals surface area contributed by atoms with E-state index < -0.39 is 0 Å². The number of hydrogen-bond donors (Lipinski definition) is 0. The van der Waals surface area contributed by atoms with Gasteiger partial charge in [0, 0.05) is 11.8 Å². The van der Waals surface area contributed by atoms with E-state index in [1.54, 1.807) is 0 Å². The molecule has 4 aliphatic rings. The van der Waals surface area contributed by atoms with Crippen LogP contribution in [0.1, 0.15) is 12.8 Å². The van der Waals surface area contributed by atoms with Gasteiger partial charge < -0.3 is 0 Å². The van der Waals surface area contributed by atoms with Crippen molar-refractivity contribution in [3.8, 4) is 0 Å². The Morgan fingerprint density at radius 2 is 1.64 bits per heavy atom. The number of halogens is 1. The van der Waals surface area contributed by atoms with Crippen LogP contribution in [0.25, 0.3) is 0 Å². The van der Waals surface area contributed by atoms with Gasteiger partial charge in [-0.2, -0.15) is 11.1 Å². The molecule has 2 radical (unpaired) electrons. The van der Waals surface area contributed by atoms with E-state index in [4.69, 9.17) is 11.1 Å². The van der Waals surface area contributed by atoms with Crippen molar-refractivity contribution in [3.05, 3.63) is 83.9 Å². The Labute approximate surface area is 158 Å². The van der Waals surface area contributed by atoms with Crippen LogP contribution in [0.3, 0.4) is 0 Å². The summed E-state index contributed by atoms with van der Waals surface area (Å²) >= 11 is 6.11. The molecule has 4 aliphatic carbocycles. The molecule has 0 saturated heterocycles. The Hall–Kier alpha value is -1.49. The Kier molecular flexibility index (Phi) is 4.76. The lowest BCUT2D eigenvalue weighted by Crippen LogP contribution is -2.06. The molecule has 126 valence electrons. The van der Waals surface area contributed by atoms with Gasteiger partial charge in [-0.15, -0.1) is 11.5 Å². The number of allylic oxidation sites excluding steroid dienone is 10. The molecule has 4 bridgehead atoms. The SMILES string of the molecule is C=C=C1CC2C=CC1C2C=CC(=CC1C2C=CC1C(=C=C)C2)C[Si]Cl. The topological polar surface area (TPSA) is 0 Å². The summed E-state index contributed by atoms with van der Waals surface area (Å²) < 4.78 is 0. The lowest BCUT2D eigenvalue weighted by Gasteiger charge is -2.14. The molecule has 0 nitrogen and oxygen atoms in total. The molecule has 0 aliphatic heterocycles. The van der Waals surface area contributed by atoms with Crippen LogP contribution in [0, 0.1) is 35.5 Å². The second-order valence-electron chi connectivity index (χ2n) is 7.53. The molecule has 6 atom stereocenters. The molecule has 0 N–H and O–H groups in total. The molecule has 25 heavy (non-hydrogen) atoms. The van der Waals surface area contributed by atoms with Crippen LogP contribution in [0.5, 0.6) is 0 Å². The Morgan fingerprint density at radius 1 is 1.04 bits per heavy atom.